The first kappa shape index (κ1) is 14.9. The second-order valence-electron chi connectivity index (χ2n) is 4.44. The average molecular weight is 298 g/mol. The van der Waals surface area contributed by atoms with Gasteiger partial charge in [0, 0.05) is 24.7 Å². The molecule has 1 aromatic carbocycles. The van der Waals surface area contributed by atoms with Gasteiger partial charge < -0.3 is 11.1 Å². The Hall–Kier alpha value is -2.51. The number of benzene rings is 1. The molecule has 0 fully saturated rings. The van der Waals surface area contributed by atoms with Crippen molar-refractivity contribution in [2.45, 2.75) is 12.7 Å². The summed E-state index contributed by atoms with van der Waals surface area (Å²) >= 11 is 0. The zero-order valence-corrected chi connectivity index (χ0v) is 11.1. The predicted molar refractivity (Wildman–Crippen MR) is 70.2 cm³/mol. The number of hydrogen-bond acceptors (Lipinski definition) is 3. The van der Waals surface area contributed by atoms with Gasteiger partial charge in [-0.05, 0) is 24.3 Å². The lowest BCUT2D eigenvalue weighted by atomic mass is 10.1. The number of anilines is 1. The summed E-state index contributed by atoms with van der Waals surface area (Å²) in [5.41, 5.74) is 5.70. The van der Waals surface area contributed by atoms with Crippen LogP contribution in [0.5, 0.6) is 0 Å². The molecule has 2 rings (SSSR count). The van der Waals surface area contributed by atoms with E-state index in [1.165, 1.54) is 10.9 Å². The lowest BCUT2D eigenvalue weighted by molar-refractivity contribution is -0.137. The number of nitrogen functional groups attached to an aromatic ring is 1. The molecule has 112 valence electrons. The van der Waals surface area contributed by atoms with Crippen molar-refractivity contribution in [3.63, 3.8) is 0 Å². The van der Waals surface area contributed by atoms with Crippen LogP contribution in [0.1, 0.15) is 21.5 Å². The van der Waals surface area contributed by atoms with Gasteiger partial charge in [0.1, 0.15) is 5.82 Å². The van der Waals surface area contributed by atoms with E-state index in [0.29, 0.717) is 11.4 Å². The molecular formula is C13H13F3N4O. The van der Waals surface area contributed by atoms with Crippen LogP contribution < -0.4 is 11.1 Å². The van der Waals surface area contributed by atoms with Crippen molar-refractivity contribution in [1.29, 1.82) is 0 Å². The minimum absolute atomic E-state index is 0.144. The highest BCUT2D eigenvalue weighted by Gasteiger charge is 2.30. The molecule has 0 radical (unpaired) electrons. The van der Waals surface area contributed by atoms with Crippen LogP contribution in [0.4, 0.5) is 19.0 Å². The van der Waals surface area contributed by atoms with Gasteiger partial charge in [-0.25, -0.2) is 0 Å². The van der Waals surface area contributed by atoms with Crippen molar-refractivity contribution in [2.24, 2.45) is 7.05 Å². The number of nitrogens with one attached hydrogen (secondary N) is 1. The molecule has 0 spiro atoms. The third-order valence-corrected chi connectivity index (χ3v) is 2.98. The number of carbonyl (C=O) groups excluding carboxylic acids is 1. The molecule has 0 aliphatic heterocycles. The molecule has 2 aromatic rings. The van der Waals surface area contributed by atoms with Crippen LogP contribution in [0.2, 0.25) is 0 Å². The van der Waals surface area contributed by atoms with Crippen molar-refractivity contribution >= 4 is 11.7 Å². The van der Waals surface area contributed by atoms with E-state index < -0.39 is 17.6 Å². The highest BCUT2D eigenvalue weighted by atomic mass is 19.4. The fraction of sp³-hybridized carbons (Fsp3) is 0.231. The first-order chi connectivity index (χ1) is 9.79. The molecule has 21 heavy (non-hydrogen) atoms. The van der Waals surface area contributed by atoms with Crippen LogP contribution in [0.25, 0.3) is 0 Å². The van der Waals surface area contributed by atoms with E-state index in [-0.39, 0.29) is 12.1 Å². The maximum atomic E-state index is 12.4. The molecule has 1 amide bonds. The standard InChI is InChI=1S/C13H13F3N4O/c1-20-11(17)9(7-19-20)6-18-12(21)8-2-4-10(5-3-8)13(14,15)16/h2-5,7H,6,17H2,1H3,(H,18,21). The van der Waals surface area contributed by atoms with E-state index in [0.717, 1.165) is 24.3 Å². The Morgan fingerprint density at radius 1 is 1.33 bits per heavy atom. The third kappa shape index (κ3) is 3.33. The lowest BCUT2D eigenvalue weighted by Gasteiger charge is -2.08. The van der Waals surface area contributed by atoms with Gasteiger partial charge in [-0.2, -0.15) is 18.3 Å². The summed E-state index contributed by atoms with van der Waals surface area (Å²) in [6.07, 6.45) is -2.90. The van der Waals surface area contributed by atoms with E-state index in [9.17, 15) is 18.0 Å². The van der Waals surface area contributed by atoms with Gasteiger partial charge in [0.25, 0.3) is 5.91 Å². The zero-order chi connectivity index (χ0) is 15.6. The monoisotopic (exact) mass is 298 g/mol. The summed E-state index contributed by atoms with van der Waals surface area (Å²) in [6, 6.07) is 4.00. The molecule has 0 atom stereocenters. The van der Waals surface area contributed by atoms with E-state index in [4.69, 9.17) is 5.73 Å². The maximum Gasteiger partial charge on any atom is 0.416 e. The Kier molecular flexibility index (Phi) is 3.88. The molecule has 0 aliphatic carbocycles. The van der Waals surface area contributed by atoms with Crippen molar-refractivity contribution in [3.05, 3.63) is 47.2 Å². The van der Waals surface area contributed by atoms with Gasteiger partial charge >= 0.3 is 6.18 Å². The van der Waals surface area contributed by atoms with Gasteiger partial charge in [0.15, 0.2) is 0 Å². The van der Waals surface area contributed by atoms with Crippen LogP contribution in [-0.4, -0.2) is 15.7 Å². The van der Waals surface area contributed by atoms with Crippen molar-refractivity contribution in [1.82, 2.24) is 15.1 Å². The number of amides is 1. The smallest absolute Gasteiger partial charge is 0.384 e. The zero-order valence-electron chi connectivity index (χ0n) is 11.1. The Balaban J connectivity index is 2.02. The number of aryl methyl sites for hydroxylation is 1. The van der Waals surface area contributed by atoms with Gasteiger partial charge in [0.2, 0.25) is 0 Å². The van der Waals surface area contributed by atoms with Crippen LogP contribution in [0.3, 0.4) is 0 Å². The van der Waals surface area contributed by atoms with Gasteiger partial charge in [-0.1, -0.05) is 0 Å². The molecular weight excluding hydrogens is 285 g/mol. The maximum absolute atomic E-state index is 12.4. The fourth-order valence-corrected chi connectivity index (χ4v) is 1.72. The number of alkyl halides is 3. The van der Waals surface area contributed by atoms with E-state index in [1.807, 2.05) is 0 Å². The summed E-state index contributed by atoms with van der Waals surface area (Å²) in [5, 5.41) is 6.49. The number of aromatic nitrogens is 2. The van der Waals surface area contributed by atoms with Crippen molar-refractivity contribution in [3.8, 4) is 0 Å². The highest BCUT2D eigenvalue weighted by molar-refractivity contribution is 5.94. The number of halogens is 3. The number of carbonyl (C=O) groups is 1. The Morgan fingerprint density at radius 3 is 2.43 bits per heavy atom. The summed E-state index contributed by atoms with van der Waals surface area (Å²) < 4.78 is 38.7. The molecule has 0 saturated carbocycles. The number of nitrogens with zero attached hydrogens (tertiary/aromatic N) is 2. The molecule has 5 nitrogen and oxygen atoms in total. The van der Waals surface area contributed by atoms with Gasteiger partial charge in [-0.3, -0.25) is 9.48 Å². The third-order valence-electron chi connectivity index (χ3n) is 2.98. The molecule has 0 unspecified atom stereocenters. The Morgan fingerprint density at radius 2 is 1.95 bits per heavy atom. The van der Waals surface area contributed by atoms with Crippen LogP contribution in [-0.2, 0) is 19.8 Å². The van der Waals surface area contributed by atoms with Crippen molar-refractivity contribution in [2.75, 3.05) is 5.73 Å². The Bertz CT molecular complexity index is 646. The lowest BCUT2D eigenvalue weighted by Crippen LogP contribution is -2.23. The van der Waals surface area contributed by atoms with Crippen molar-refractivity contribution < 1.29 is 18.0 Å². The van der Waals surface area contributed by atoms with E-state index >= 15 is 0 Å². The second-order valence-corrected chi connectivity index (χ2v) is 4.44. The first-order valence-electron chi connectivity index (χ1n) is 6.01. The van der Waals surface area contributed by atoms with E-state index in [1.54, 1.807) is 7.05 Å². The van der Waals surface area contributed by atoms with Crippen LogP contribution in [0, 0.1) is 0 Å². The molecule has 0 aliphatic rings. The van der Waals surface area contributed by atoms with E-state index in [2.05, 4.69) is 10.4 Å². The quantitative estimate of drug-likeness (QED) is 0.909. The van der Waals surface area contributed by atoms with Crippen LogP contribution >= 0.6 is 0 Å². The number of hydrogen-bond donors (Lipinski definition) is 2. The minimum atomic E-state index is -4.42. The molecule has 8 heteroatoms. The Labute approximate surface area is 118 Å². The number of rotatable bonds is 3. The normalized spacial score (nSPS) is 11.4. The largest absolute Gasteiger partial charge is 0.416 e. The first-order valence-corrected chi connectivity index (χ1v) is 6.01. The highest BCUT2D eigenvalue weighted by Crippen LogP contribution is 2.29. The summed E-state index contributed by atoms with van der Waals surface area (Å²) in [4.78, 5) is 11.8. The topological polar surface area (TPSA) is 72.9 Å². The summed E-state index contributed by atoms with van der Waals surface area (Å²) in [5.74, 6) is -0.0605. The summed E-state index contributed by atoms with van der Waals surface area (Å²) in [6.45, 7) is 0.152. The molecule has 1 aromatic heterocycles. The number of nitrogens with two attached hydrogens (primary N) is 1. The minimum Gasteiger partial charge on any atom is -0.384 e. The average Bonchev–Trinajstić information content (AvgIpc) is 2.75. The SMILES string of the molecule is Cn1ncc(CNC(=O)c2ccc(C(F)(F)F)cc2)c1N. The predicted octanol–water partition coefficient (Wildman–Crippen LogP) is 1.95. The fourth-order valence-electron chi connectivity index (χ4n) is 1.72. The van der Waals surface area contributed by atoms with Crippen LogP contribution in [0.15, 0.2) is 30.5 Å². The van der Waals surface area contributed by atoms with Gasteiger partial charge in [0.05, 0.1) is 11.8 Å². The molecule has 0 bridgehead atoms. The second kappa shape index (κ2) is 5.47. The molecule has 1 heterocycles. The molecule has 0 saturated heterocycles. The summed E-state index contributed by atoms with van der Waals surface area (Å²) in [7, 11) is 1.66. The van der Waals surface area contributed by atoms with Gasteiger partial charge in [-0.15, -0.1) is 0 Å². The molecule has 3 N–H and O–H groups in total.